The number of nitrogens with one attached hydrogen (secondary N) is 1. The Kier molecular flexibility index (Phi) is 3.33. The summed E-state index contributed by atoms with van der Waals surface area (Å²) in [6.45, 7) is 8.05. The zero-order valence-corrected chi connectivity index (χ0v) is 8.89. The van der Waals surface area contributed by atoms with Crippen molar-refractivity contribution in [3.8, 4) is 0 Å². The molecule has 1 aliphatic rings. The summed E-state index contributed by atoms with van der Waals surface area (Å²) in [5.74, 6) is 0. The third kappa shape index (κ3) is 4.07. The van der Waals surface area contributed by atoms with Crippen LogP contribution in [0.25, 0.3) is 0 Å². The minimum absolute atomic E-state index is 0.00868. The maximum absolute atomic E-state index is 9.47. The van der Waals surface area contributed by atoms with Gasteiger partial charge in [-0.05, 0) is 33.6 Å². The van der Waals surface area contributed by atoms with E-state index in [0.717, 1.165) is 26.0 Å². The second-order valence-corrected chi connectivity index (χ2v) is 4.82. The van der Waals surface area contributed by atoms with E-state index in [1.165, 1.54) is 0 Å². The van der Waals surface area contributed by atoms with Crippen molar-refractivity contribution in [1.82, 2.24) is 5.32 Å². The third-order valence-corrected chi connectivity index (χ3v) is 2.36. The minimum atomic E-state index is -0.630. The lowest BCUT2D eigenvalue weighted by atomic mass is 10.0. The molecule has 0 saturated carbocycles. The molecule has 1 rings (SSSR count). The quantitative estimate of drug-likeness (QED) is 0.687. The van der Waals surface area contributed by atoms with Gasteiger partial charge in [0.05, 0.1) is 11.2 Å². The van der Waals surface area contributed by atoms with E-state index in [2.05, 4.69) is 12.2 Å². The van der Waals surface area contributed by atoms with Gasteiger partial charge in [-0.3, -0.25) is 0 Å². The third-order valence-electron chi connectivity index (χ3n) is 2.36. The van der Waals surface area contributed by atoms with Crippen molar-refractivity contribution in [1.29, 1.82) is 0 Å². The van der Waals surface area contributed by atoms with Gasteiger partial charge < -0.3 is 15.2 Å². The molecule has 0 amide bonds. The standard InChI is InChI=1S/C10H21NO2/c1-9(2,12)7-11-8-10(3)5-4-6-13-10/h11-12H,4-8H2,1-3H3. The Morgan fingerprint density at radius 2 is 2.23 bits per heavy atom. The number of hydrogen-bond donors (Lipinski definition) is 2. The molecule has 0 aromatic heterocycles. The Balaban J connectivity index is 2.18. The molecule has 3 heteroatoms. The largest absolute Gasteiger partial charge is 0.389 e. The Labute approximate surface area is 80.5 Å². The first kappa shape index (κ1) is 11.0. The van der Waals surface area contributed by atoms with Gasteiger partial charge in [0, 0.05) is 19.7 Å². The number of ether oxygens (including phenoxy) is 1. The van der Waals surface area contributed by atoms with Crippen molar-refractivity contribution in [2.75, 3.05) is 19.7 Å². The monoisotopic (exact) mass is 187 g/mol. The maximum atomic E-state index is 9.47. The lowest BCUT2D eigenvalue weighted by Gasteiger charge is -2.26. The fourth-order valence-corrected chi connectivity index (χ4v) is 1.61. The van der Waals surface area contributed by atoms with Crippen LogP contribution in [0.5, 0.6) is 0 Å². The Morgan fingerprint density at radius 3 is 2.69 bits per heavy atom. The number of aliphatic hydroxyl groups is 1. The second-order valence-electron chi connectivity index (χ2n) is 4.82. The molecule has 1 saturated heterocycles. The van der Waals surface area contributed by atoms with E-state index in [-0.39, 0.29) is 5.60 Å². The second kappa shape index (κ2) is 3.95. The van der Waals surface area contributed by atoms with E-state index < -0.39 is 5.60 Å². The highest BCUT2D eigenvalue weighted by Gasteiger charge is 2.29. The van der Waals surface area contributed by atoms with Crippen LogP contribution in [-0.2, 0) is 4.74 Å². The van der Waals surface area contributed by atoms with Crippen LogP contribution in [0.1, 0.15) is 33.6 Å². The SMILES string of the molecule is CC(C)(O)CNCC1(C)CCCO1. The first-order valence-corrected chi connectivity index (χ1v) is 4.98. The molecule has 1 aliphatic heterocycles. The van der Waals surface area contributed by atoms with Gasteiger partial charge in [0.15, 0.2) is 0 Å². The molecule has 1 heterocycles. The minimum Gasteiger partial charge on any atom is -0.389 e. The van der Waals surface area contributed by atoms with Crippen molar-refractivity contribution in [2.45, 2.75) is 44.8 Å². The van der Waals surface area contributed by atoms with Crippen LogP contribution in [0.4, 0.5) is 0 Å². The highest BCUT2D eigenvalue weighted by atomic mass is 16.5. The molecule has 1 fully saturated rings. The van der Waals surface area contributed by atoms with E-state index in [9.17, 15) is 5.11 Å². The molecule has 1 atom stereocenters. The number of hydrogen-bond acceptors (Lipinski definition) is 3. The molecule has 0 aromatic carbocycles. The van der Waals surface area contributed by atoms with Crippen molar-refractivity contribution >= 4 is 0 Å². The molecule has 3 nitrogen and oxygen atoms in total. The summed E-state index contributed by atoms with van der Waals surface area (Å²) < 4.78 is 5.61. The summed E-state index contributed by atoms with van der Waals surface area (Å²) in [7, 11) is 0. The predicted molar refractivity (Wildman–Crippen MR) is 52.8 cm³/mol. The maximum Gasteiger partial charge on any atom is 0.0779 e. The van der Waals surface area contributed by atoms with Gasteiger partial charge >= 0.3 is 0 Å². The van der Waals surface area contributed by atoms with Gasteiger partial charge in [-0.15, -0.1) is 0 Å². The summed E-state index contributed by atoms with van der Waals surface area (Å²) in [5.41, 5.74) is -0.639. The van der Waals surface area contributed by atoms with Gasteiger partial charge in [-0.2, -0.15) is 0 Å². The van der Waals surface area contributed by atoms with Gasteiger partial charge in [0.1, 0.15) is 0 Å². The fraction of sp³-hybridized carbons (Fsp3) is 1.00. The Morgan fingerprint density at radius 1 is 1.54 bits per heavy atom. The zero-order valence-electron chi connectivity index (χ0n) is 8.89. The van der Waals surface area contributed by atoms with E-state index in [4.69, 9.17) is 4.74 Å². The van der Waals surface area contributed by atoms with Gasteiger partial charge in [0.25, 0.3) is 0 Å². The first-order valence-electron chi connectivity index (χ1n) is 4.98. The molecule has 0 aliphatic carbocycles. The molecule has 0 spiro atoms. The van der Waals surface area contributed by atoms with E-state index in [0.29, 0.717) is 6.54 Å². The summed E-state index contributed by atoms with van der Waals surface area (Å²) in [6, 6.07) is 0. The van der Waals surface area contributed by atoms with Crippen LogP contribution < -0.4 is 5.32 Å². The van der Waals surface area contributed by atoms with Crippen molar-refractivity contribution in [3.63, 3.8) is 0 Å². The Hall–Kier alpha value is -0.120. The van der Waals surface area contributed by atoms with Crippen LogP contribution in [0.3, 0.4) is 0 Å². The predicted octanol–water partition coefficient (Wildman–Crippen LogP) is 0.916. The average Bonchev–Trinajstić information content (AvgIpc) is 2.33. The summed E-state index contributed by atoms with van der Waals surface area (Å²) in [5, 5.41) is 12.7. The van der Waals surface area contributed by atoms with Gasteiger partial charge in [0.2, 0.25) is 0 Å². The van der Waals surface area contributed by atoms with Crippen LogP contribution in [-0.4, -0.2) is 36.0 Å². The number of rotatable bonds is 4. The highest BCUT2D eigenvalue weighted by Crippen LogP contribution is 2.23. The van der Waals surface area contributed by atoms with Crippen molar-refractivity contribution in [2.24, 2.45) is 0 Å². The lowest BCUT2D eigenvalue weighted by Crippen LogP contribution is -2.43. The lowest BCUT2D eigenvalue weighted by molar-refractivity contribution is 0.0133. The molecular weight excluding hydrogens is 166 g/mol. The molecule has 0 radical (unpaired) electrons. The zero-order chi connectivity index (χ0) is 9.95. The molecule has 78 valence electrons. The summed E-state index contributed by atoms with van der Waals surface area (Å²) in [6.07, 6.45) is 2.27. The van der Waals surface area contributed by atoms with Crippen LogP contribution in [0.15, 0.2) is 0 Å². The molecule has 0 aromatic rings. The molecule has 13 heavy (non-hydrogen) atoms. The van der Waals surface area contributed by atoms with Crippen molar-refractivity contribution < 1.29 is 9.84 Å². The Bertz CT molecular complexity index is 157. The molecule has 1 unspecified atom stereocenters. The fourth-order valence-electron chi connectivity index (χ4n) is 1.61. The first-order chi connectivity index (χ1) is 5.91. The molecule has 0 bridgehead atoms. The smallest absolute Gasteiger partial charge is 0.0779 e. The summed E-state index contributed by atoms with van der Waals surface area (Å²) in [4.78, 5) is 0. The molecular formula is C10H21NO2. The normalized spacial score (nSPS) is 29.5. The van der Waals surface area contributed by atoms with E-state index in [1.54, 1.807) is 13.8 Å². The van der Waals surface area contributed by atoms with Crippen LogP contribution in [0.2, 0.25) is 0 Å². The molecule has 2 N–H and O–H groups in total. The van der Waals surface area contributed by atoms with Crippen LogP contribution in [0, 0.1) is 0 Å². The van der Waals surface area contributed by atoms with Gasteiger partial charge in [-0.1, -0.05) is 0 Å². The average molecular weight is 187 g/mol. The topological polar surface area (TPSA) is 41.5 Å². The van der Waals surface area contributed by atoms with E-state index >= 15 is 0 Å². The van der Waals surface area contributed by atoms with Crippen LogP contribution >= 0.6 is 0 Å². The highest BCUT2D eigenvalue weighted by molar-refractivity contribution is 4.83. The summed E-state index contributed by atoms with van der Waals surface area (Å²) >= 11 is 0. The van der Waals surface area contributed by atoms with Gasteiger partial charge in [-0.25, -0.2) is 0 Å². The van der Waals surface area contributed by atoms with Crippen molar-refractivity contribution in [3.05, 3.63) is 0 Å². The van der Waals surface area contributed by atoms with E-state index in [1.807, 2.05) is 0 Å².